The molecule has 1 unspecified atom stereocenters. The number of nitrogens with zero attached hydrogens (tertiary/aromatic N) is 2. The normalized spacial score (nSPS) is 16.9. The largest absolute Gasteiger partial charge is 0.493 e. The van der Waals surface area contributed by atoms with Crippen molar-refractivity contribution in [2.24, 2.45) is 5.41 Å². The Kier molecular flexibility index (Phi) is 11.7. The minimum absolute atomic E-state index is 0. The Labute approximate surface area is 278 Å². The fraction of sp³-hybridized carbons (Fsp3) is 0.429. The van der Waals surface area contributed by atoms with Crippen LogP contribution in [0.2, 0.25) is 0 Å². The van der Waals surface area contributed by atoms with E-state index < -0.39 is 9.84 Å². The summed E-state index contributed by atoms with van der Waals surface area (Å²) in [7, 11) is -0.0806. The Bertz CT molecular complexity index is 1590. The highest BCUT2D eigenvalue weighted by Crippen LogP contribution is 2.42. The third kappa shape index (κ3) is 8.40. The molecular weight excluding hydrogens is 626 g/mol. The maximum Gasteiger partial charge on any atom is 0.229 e. The lowest BCUT2D eigenvalue weighted by Gasteiger charge is -2.38. The Morgan fingerprint density at radius 2 is 1.52 bits per heavy atom. The SMILES string of the molecule is COc1ccc(CC(=O)NC(CCN2CCC3(CC2)CCN(Cc2ccc(S(C)(=O)=O)cc2)C3=O)c2ccccc2)cc1OC.Cl. The molecule has 3 aromatic rings. The zero-order chi connectivity index (χ0) is 32.0. The summed E-state index contributed by atoms with van der Waals surface area (Å²) in [5, 5.41) is 3.25. The van der Waals surface area contributed by atoms with Gasteiger partial charge in [0, 0.05) is 25.9 Å². The van der Waals surface area contributed by atoms with Crippen molar-refractivity contribution >= 4 is 34.1 Å². The highest BCUT2D eigenvalue weighted by atomic mass is 35.5. The summed E-state index contributed by atoms with van der Waals surface area (Å²) in [6.07, 6.45) is 4.67. The van der Waals surface area contributed by atoms with Crippen LogP contribution in [-0.4, -0.2) is 76.7 Å². The molecule has 1 spiro atoms. The molecule has 3 aromatic carbocycles. The van der Waals surface area contributed by atoms with Crippen LogP contribution < -0.4 is 14.8 Å². The van der Waals surface area contributed by atoms with Gasteiger partial charge in [0.25, 0.3) is 0 Å². The molecule has 1 atom stereocenters. The number of likely N-dealkylation sites (tertiary alicyclic amines) is 2. The van der Waals surface area contributed by atoms with E-state index in [4.69, 9.17) is 9.47 Å². The number of benzene rings is 3. The van der Waals surface area contributed by atoms with Crippen LogP contribution >= 0.6 is 12.4 Å². The summed E-state index contributed by atoms with van der Waals surface area (Å²) in [5.74, 6) is 1.37. The first-order valence-corrected chi connectivity index (χ1v) is 17.4. The van der Waals surface area contributed by atoms with E-state index in [0.717, 1.165) is 68.6 Å². The lowest BCUT2D eigenvalue weighted by Crippen LogP contribution is -2.45. The number of hydrogen-bond acceptors (Lipinski definition) is 7. The second-order valence-electron chi connectivity index (χ2n) is 12.2. The van der Waals surface area contributed by atoms with E-state index in [-0.39, 0.29) is 47.0 Å². The minimum Gasteiger partial charge on any atom is -0.493 e. The van der Waals surface area contributed by atoms with Gasteiger partial charge in [0.15, 0.2) is 21.3 Å². The molecule has 0 aromatic heterocycles. The number of carbonyl (C=O) groups excluding carboxylic acids is 2. The second-order valence-corrected chi connectivity index (χ2v) is 14.2. The Morgan fingerprint density at radius 3 is 2.15 bits per heavy atom. The van der Waals surface area contributed by atoms with E-state index in [1.807, 2.05) is 53.4 Å². The quantitative estimate of drug-likeness (QED) is 0.295. The van der Waals surface area contributed by atoms with Crippen LogP contribution in [-0.2, 0) is 32.4 Å². The van der Waals surface area contributed by atoms with E-state index in [2.05, 4.69) is 10.2 Å². The van der Waals surface area contributed by atoms with Gasteiger partial charge in [0.1, 0.15) is 0 Å². The van der Waals surface area contributed by atoms with Gasteiger partial charge in [-0.1, -0.05) is 48.5 Å². The number of halogens is 1. The van der Waals surface area contributed by atoms with E-state index in [1.165, 1.54) is 6.26 Å². The van der Waals surface area contributed by atoms with Gasteiger partial charge in [-0.2, -0.15) is 0 Å². The summed E-state index contributed by atoms with van der Waals surface area (Å²) in [6.45, 7) is 3.70. The third-order valence-corrected chi connectivity index (χ3v) is 10.4. The van der Waals surface area contributed by atoms with Crippen LogP contribution in [0.1, 0.15) is 48.4 Å². The highest BCUT2D eigenvalue weighted by molar-refractivity contribution is 7.90. The minimum atomic E-state index is -3.25. The lowest BCUT2D eigenvalue weighted by molar-refractivity contribution is -0.139. The van der Waals surface area contributed by atoms with Crippen LogP contribution in [0.5, 0.6) is 11.5 Å². The lowest BCUT2D eigenvalue weighted by atomic mass is 9.77. The summed E-state index contributed by atoms with van der Waals surface area (Å²) >= 11 is 0. The van der Waals surface area contributed by atoms with Gasteiger partial charge in [-0.25, -0.2) is 8.42 Å². The van der Waals surface area contributed by atoms with Gasteiger partial charge in [-0.3, -0.25) is 9.59 Å². The van der Waals surface area contributed by atoms with Crippen LogP contribution in [0, 0.1) is 5.41 Å². The standard InChI is InChI=1S/C35H43N3O6S.ClH/c1-43-31-14-11-27(23-32(31)44-2)24-33(39)36-30(28-7-5-4-6-8-28)15-19-37-20-16-35(17-21-37)18-22-38(34(35)40)25-26-9-12-29(13-10-26)45(3,41)42;/h4-14,23,30H,15-22,24-25H2,1-3H3,(H,36,39);1H. The topological polar surface area (TPSA) is 105 Å². The van der Waals surface area contributed by atoms with Gasteiger partial charge in [-0.05, 0) is 79.7 Å². The molecule has 5 rings (SSSR count). The van der Waals surface area contributed by atoms with Crippen molar-refractivity contribution < 1.29 is 27.5 Å². The smallest absolute Gasteiger partial charge is 0.229 e. The van der Waals surface area contributed by atoms with Crippen molar-refractivity contribution in [1.82, 2.24) is 15.1 Å². The van der Waals surface area contributed by atoms with E-state index >= 15 is 0 Å². The van der Waals surface area contributed by atoms with Gasteiger partial charge < -0.3 is 24.6 Å². The molecule has 248 valence electrons. The van der Waals surface area contributed by atoms with Crippen molar-refractivity contribution in [1.29, 1.82) is 0 Å². The fourth-order valence-electron chi connectivity index (χ4n) is 6.52. The summed E-state index contributed by atoms with van der Waals surface area (Å²) in [6, 6.07) is 22.3. The van der Waals surface area contributed by atoms with Crippen LogP contribution in [0.4, 0.5) is 0 Å². The molecule has 46 heavy (non-hydrogen) atoms. The zero-order valence-electron chi connectivity index (χ0n) is 26.7. The summed E-state index contributed by atoms with van der Waals surface area (Å²) in [4.78, 5) is 31.3. The number of piperidine rings is 1. The summed E-state index contributed by atoms with van der Waals surface area (Å²) in [5.41, 5.74) is 2.53. The molecule has 2 saturated heterocycles. The molecule has 0 saturated carbocycles. The average Bonchev–Trinajstić information content (AvgIpc) is 3.33. The fourth-order valence-corrected chi connectivity index (χ4v) is 7.15. The van der Waals surface area contributed by atoms with E-state index in [1.54, 1.807) is 38.5 Å². The molecule has 11 heteroatoms. The molecule has 2 fully saturated rings. The number of ether oxygens (including phenoxy) is 2. The van der Waals surface area contributed by atoms with Crippen molar-refractivity contribution in [3.05, 3.63) is 89.5 Å². The van der Waals surface area contributed by atoms with Crippen LogP contribution in [0.3, 0.4) is 0 Å². The number of methoxy groups -OCH3 is 2. The van der Waals surface area contributed by atoms with Gasteiger partial charge in [-0.15, -0.1) is 12.4 Å². The number of amides is 2. The molecule has 0 radical (unpaired) electrons. The molecule has 2 aliphatic heterocycles. The highest BCUT2D eigenvalue weighted by Gasteiger charge is 2.47. The van der Waals surface area contributed by atoms with Crippen molar-refractivity contribution in [3.8, 4) is 11.5 Å². The number of nitrogens with one attached hydrogen (secondary N) is 1. The molecule has 0 bridgehead atoms. The van der Waals surface area contributed by atoms with Gasteiger partial charge in [0.2, 0.25) is 11.8 Å². The predicted molar refractivity (Wildman–Crippen MR) is 180 cm³/mol. The first kappa shape index (κ1) is 35.3. The number of rotatable bonds is 12. The number of carbonyl (C=O) groups is 2. The summed E-state index contributed by atoms with van der Waals surface area (Å²) < 4.78 is 34.3. The molecule has 2 aliphatic rings. The maximum absolute atomic E-state index is 13.6. The molecule has 2 amide bonds. The van der Waals surface area contributed by atoms with Crippen molar-refractivity contribution in [3.63, 3.8) is 0 Å². The molecule has 9 nitrogen and oxygen atoms in total. The Hall–Kier alpha value is -3.60. The monoisotopic (exact) mass is 669 g/mol. The van der Waals surface area contributed by atoms with Gasteiger partial charge in [0.05, 0.1) is 37.0 Å². The first-order valence-electron chi connectivity index (χ1n) is 15.5. The average molecular weight is 670 g/mol. The molecule has 1 N–H and O–H groups in total. The van der Waals surface area contributed by atoms with Crippen LogP contribution in [0.15, 0.2) is 77.7 Å². The molecule has 0 aliphatic carbocycles. The van der Waals surface area contributed by atoms with Gasteiger partial charge >= 0.3 is 0 Å². The first-order chi connectivity index (χ1) is 21.6. The number of hydrogen-bond donors (Lipinski definition) is 1. The zero-order valence-corrected chi connectivity index (χ0v) is 28.4. The predicted octanol–water partition coefficient (Wildman–Crippen LogP) is 4.83. The van der Waals surface area contributed by atoms with Crippen LogP contribution in [0.25, 0.3) is 0 Å². The maximum atomic E-state index is 13.6. The molecule has 2 heterocycles. The number of sulfone groups is 1. The Morgan fingerprint density at radius 1 is 0.891 bits per heavy atom. The van der Waals surface area contributed by atoms with Crippen molar-refractivity contribution in [2.45, 2.75) is 49.6 Å². The third-order valence-electron chi connectivity index (χ3n) is 9.22. The van der Waals surface area contributed by atoms with Crippen molar-refractivity contribution in [2.75, 3.05) is 46.7 Å². The molecular formula is C35H44ClN3O6S. The van der Waals surface area contributed by atoms with E-state index in [9.17, 15) is 18.0 Å². The second kappa shape index (κ2) is 15.3. The Balaban J connectivity index is 0.00000480. The van der Waals surface area contributed by atoms with E-state index in [0.29, 0.717) is 18.0 Å².